The van der Waals surface area contributed by atoms with Crippen molar-refractivity contribution in [3.8, 4) is 6.07 Å². The number of nitro groups is 1. The molecule has 0 aliphatic carbocycles. The van der Waals surface area contributed by atoms with E-state index in [4.69, 9.17) is 10.4 Å². The van der Waals surface area contributed by atoms with E-state index in [0.29, 0.717) is 0 Å². The van der Waals surface area contributed by atoms with Crippen molar-refractivity contribution in [2.45, 2.75) is 0 Å². The summed E-state index contributed by atoms with van der Waals surface area (Å²) in [5.41, 5.74) is -0.948. The summed E-state index contributed by atoms with van der Waals surface area (Å²) in [7, 11) is 0. The van der Waals surface area contributed by atoms with E-state index in [1.807, 2.05) is 0 Å². The van der Waals surface area contributed by atoms with Crippen LogP contribution in [-0.4, -0.2) is 16.0 Å². The van der Waals surface area contributed by atoms with Gasteiger partial charge in [0, 0.05) is 10.5 Å². The number of benzene rings is 1. The molecular weight excluding hydrogens is 268 g/mol. The SMILES string of the molecule is N#Cc1cc(Br)c(C(=O)O)cc1[N+](=O)[O-]. The van der Waals surface area contributed by atoms with Gasteiger partial charge in [-0.05, 0) is 22.0 Å². The molecular formula is C8H3BrN2O4. The molecule has 0 unspecified atom stereocenters. The number of carbonyl (C=O) groups is 1. The summed E-state index contributed by atoms with van der Waals surface area (Å²) < 4.78 is 0.136. The number of nitro benzene ring substituents is 1. The number of nitriles is 1. The summed E-state index contributed by atoms with van der Waals surface area (Å²) >= 11 is 2.92. The van der Waals surface area contributed by atoms with E-state index < -0.39 is 16.6 Å². The number of aromatic carboxylic acids is 1. The zero-order valence-electron chi connectivity index (χ0n) is 7.10. The lowest BCUT2D eigenvalue weighted by Crippen LogP contribution is -2.01. The van der Waals surface area contributed by atoms with Crippen LogP contribution in [0.4, 0.5) is 5.69 Å². The fourth-order valence-electron chi connectivity index (χ4n) is 0.966. The van der Waals surface area contributed by atoms with Crippen LogP contribution in [0.3, 0.4) is 0 Å². The third kappa shape index (κ3) is 2.11. The molecule has 1 rings (SSSR count). The number of carboxylic acids is 1. The van der Waals surface area contributed by atoms with Crippen LogP contribution in [0.15, 0.2) is 16.6 Å². The van der Waals surface area contributed by atoms with Gasteiger partial charge in [-0.1, -0.05) is 0 Å². The molecule has 0 atom stereocenters. The Bertz CT molecular complexity index is 492. The number of halogens is 1. The Hall–Kier alpha value is -1.94. The van der Waals surface area contributed by atoms with Gasteiger partial charge in [0.25, 0.3) is 5.69 Å². The molecule has 1 N–H and O–H groups in total. The second-order valence-electron chi connectivity index (χ2n) is 2.52. The first-order valence-corrected chi connectivity index (χ1v) is 4.38. The first-order chi connectivity index (χ1) is 6.97. The molecule has 0 aliphatic rings. The van der Waals surface area contributed by atoms with Crippen molar-refractivity contribution in [2.24, 2.45) is 0 Å². The summed E-state index contributed by atoms with van der Waals surface area (Å²) in [5, 5.41) is 27.8. The molecule has 1 aromatic rings. The van der Waals surface area contributed by atoms with Crippen LogP contribution in [0, 0.1) is 21.4 Å². The molecule has 6 nitrogen and oxygen atoms in total. The maximum atomic E-state index is 10.7. The summed E-state index contributed by atoms with van der Waals surface area (Å²) in [4.78, 5) is 20.4. The first kappa shape index (κ1) is 11.1. The predicted molar refractivity (Wildman–Crippen MR) is 52.5 cm³/mol. The topological polar surface area (TPSA) is 104 Å². The van der Waals surface area contributed by atoms with Gasteiger partial charge in [0.15, 0.2) is 0 Å². The minimum absolute atomic E-state index is 0.136. The standard InChI is InChI=1S/C8H3BrN2O4/c9-6-1-4(3-10)7(11(14)15)2-5(6)8(12)13/h1-2H,(H,12,13). The molecule has 0 saturated heterocycles. The van der Waals surface area contributed by atoms with Crippen LogP contribution >= 0.6 is 15.9 Å². The molecule has 76 valence electrons. The Morgan fingerprint density at radius 1 is 1.60 bits per heavy atom. The highest BCUT2D eigenvalue weighted by atomic mass is 79.9. The number of nitrogens with zero attached hydrogens (tertiary/aromatic N) is 2. The van der Waals surface area contributed by atoms with E-state index in [1.54, 1.807) is 6.07 Å². The quantitative estimate of drug-likeness (QED) is 0.653. The van der Waals surface area contributed by atoms with Crippen molar-refractivity contribution >= 4 is 27.6 Å². The predicted octanol–water partition coefficient (Wildman–Crippen LogP) is 1.93. The minimum atomic E-state index is -1.30. The van der Waals surface area contributed by atoms with Crippen molar-refractivity contribution in [3.63, 3.8) is 0 Å². The van der Waals surface area contributed by atoms with Gasteiger partial charge >= 0.3 is 5.97 Å². The van der Waals surface area contributed by atoms with Gasteiger partial charge in [-0.25, -0.2) is 4.79 Å². The highest BCUT2D eigenvalue weighted by Crippen LogP contribution is 2.26. The number of carboxylic acid groups (broad SMARTS) is 1. The molecule has 15 heavy (non-hydrogen) atoms. The first-order valence-electron chi connectivity index (χ1n) is 3.58. The number of hydrogen-bond acceptors (Lipinski definition) is 4. The molecule has 7 heteroatoms. The van der Waals surface area contributed by atoms with Crippen LogP contribution in [0.25, 0.3) is 0 Å². The van der Waals surface area contributed by atoms with Gasteiger partial charge in [-0.3, -0.25) is 10.1 Å². The molecule has 0 heterocycles. The van der Waals surface area contributed by atoms with Gasteiger partial charge in [-0.15, -0.1) is 0 Å². The number of rotatable bonds is 2. The van der Waals surface area contributed by atoms with E-state index in [9.17, 15) is 14.9 Å². The van der Waals surface area contributed by atoms with Crippen molar-refractivity contribution in [3.05, 3.63) is 37.8 Å². The average Bonchev–Trinajstić information content (AvgIpc) is 2.16. The molecule has 0 spiro atoms. The smallest absolute Gasteiger partial charge is 0.337 e. The average molecular weight is 271 g/mol. The summed E-state index contributed by atoms with van der Waals surface area (Å²) in [6.45, 7) is 0. The second-order valence-corrected chi connectivity index (χ2v) is 3.38. The van der Waals surface area contributed by atoms with Gasteiger partial charge in [0.2, 0.25) is 0 Å². The van der Waals surface area contributed by atoms with Crippen molar-refractivity contribution in [1.29, 1.82) is 5.26 Å². The molecule has 0 aromatic heterocycles. The fraction of sp³-hybridized carbons (Fsp3) is 0. The van der Waals surface area contributed by atoms with Crippen molar-refractivity contribution in [2.75, 3.05) is 0 Å². The third-order valence-electron chi connectivity index (χ3n) is 1.63. The maximum absolute atomic E-state index is 10.7. The minimum Gasteiger partial charge on any atom is -0.478 e. The van der Waals surface area contributed by atoms with E-state index in [-0.39, 0.29) is 15.6 Å². The zero-order chi connectivity index (χ0) is 11.6. The van der Waals surface area contributed by atoms with E-state index in [2.05, 4.69) is 15.9 Å². The molecule has 0 saturated carbocycles. The molecule has 0 aliphatic heterocycles. The summed E-state index contributed by atoms with van der Waals surface area (Å²) in [6.07, 6.45) is 0. The molecule has 0 fully saturated rings. The van der Waals surface area contributed by atoms with E-state index >= 15 is 0 Å². The Morgan fingerprint density at radius 2 is 2.20 bits per heavy atom. The molecule has 1 aromatic carbocycles. The molecule has 0 radical (unpaired) electrons. The van der Waals surface area contributed by atoms with Crippen molar-refractivity contribution < 1.29 is 14.8 Å². The van der Waals surface area contributed by atoms with Crippen LogP contribution in [0.2, 0.25) is 0 Å². The van der Waals surface area contributed by atoms with Crippen LogP contribution in [0.5, 0.6) is 0 Å². The lowest BCUT2D eigenvalue weighted by atomic mass is 10.1. The Morgan fingerprint density at radius 3 is 2.60 bits per heavy atom. The Balaban J connectivity index is 3.52. The lowest BCUT2D eigenvalue weighted by Gasteiger charge is -2.00. The highest BCUT2D eigenvalue weighted by Gasteiger charge is 2.20. The molecule has 0 bridgehead atoms. The fourth-order valence-corrected chi connectivity index (χ4v) is 1.48. The van der Waals surface area contributed by atoms with E-state index in [0.717, 1.165) is 12.1 Å². The maximum Gasteiger partial charge on any atom is 0.337 e. The highest BCUT2D eigenvalue weighted by molar-refractivity contribution is 9.10. The zero-order valence-corrected chi connectivity index (χ0v) is 8.69. The lowest BCUT2D eigenvalue weighted by molar-refractivity contribution is -0.385. The summed E-state index contributed by atoms with van der Waals surface area (Å²) in [6, 6.07) is 3.58. The normalized spacial score (nSPS) is 9.33. The molecule has 0 amide bonds. The van der Waals surface area contributed by atoms with Gasteiger partial charge in [0.05, 0.1) is 10.5 Å². The summed E-state index contributed by atoms with van der Waals surface area (Å²) in [5.74, 6) is -1.30. The Kier molecular flexibility index (Phi) is 3.01. The van der Waals surface area contributed by atoms with Gasteiger partial charge in [0.1, 0.15) is 11.6 Å². The van der Waals surface area contributed by atoms with Crippen LogP contribution in [-0.2, 0) is 0 Å². The van der Waals surface area contributed by atoms with Gasteiger partial charge in [-0.2, -0.15) is 5.26 Å². The van der Waals surface area contributed by atoms with Crippen LogP contribution < -0.4 is 0 Å². The second kappa shape index (κ2) is 4.06. The van der Waals surface area contributed by atoms with Gasteiger partial charge < -0.3 is 5.11 Å². The van der Waals surface area contributed by atoms with Crippen molar-refractivity contribution in [1.82, 2.24) is 0 Å². The third-order valence-corrected chi connectivity index (χ3v) is 2.29. The monoisotopic (exact) mass is 270 g/mol. The van der Waals surface area contributed by atoms with Crippen LogP contribution in [0.1, 0.15) is 15.9 Å². The number of hydrogen-bond donors (Lipinski definition) is 1. The van der Waals surface area contributed by atoms with E-state index in [1.165, 1.54) is 0 Å². The largest absolute Gasteiger partial charge is 0.478 e. The Labute approximate surface area is 92.0 Å².